The lowest BCUT2D eigenvalue weighted by Gasteiger charge is -2.00. The zero-order valence-electron chi connectivity index (χ0n) is 11.3. The van der Waals surface area contributed by atoms with E-state index in [9.17, 15) is 0 Å². The first kappa shape index (κ1) is 15.6. The number of hydrogen-bond donors (Lipinski definition) is 1. The number of halogens is 2. The van der Waals surface area contributed by atoms with Crippen LogP contribution in [-0.2, 0) is 0 Å². The Bertz CT molecular complexity index is 802. The van der Waals surface area contributed by atoms with Gasteiger partial charge in [0.15, 0.2) is 0 Å². The summed E-state index contributed by atoms with van der Waals surface area (Å²) in [7, 11) is 0. The van der Waals surface area contributed by atoms with Crippen LogP contribution in [0.5, 0.6) is 0 Å². The number of benzene rings is 2. The second-order valence-corrected chi connectivity index (χ2v) is 7.23. The van der Waals surface area contributed by atoms with Gasteiger partial charge in [-0.05, 0) is 44.6 Å². The normalized spacial score (nSPS) is 11.0. The SMILES string of the molecule is Brc1c(I)cccc1C=NNc1nc(-c2ccccc2)cs1. The summed E-state index contributed by atoms with van der Waals surface area (Å²) in [6, 6.07) is 16.2. The van der Waals surface area contributed by atoms with Crippen LogP contribution < -0.4 is 5.43 Å². The summed E-state index contributed by atoms with van der Waals surface area (Å²) in [6.45, 7) is 0. The second kappa shape index (κ2) is 7.34. The molecule has 3 aromatic rings. The van der Waals surface area contributed by atoms with Gasteiger partial charge in [-0.3, -0.25) is 5.43 Å². The summed E-state index contributed by atoms with van der Waals surface area (Å²) in [4.78, 5) is 4.53. The van der Waals surface area contributed by atoms with Crippen LogP contribution in [0.25, 0.3) is 11.3 Å². The molecule has 0 spiro atoms. The van der Waals surface area contributed by atoms with Crippen molar-refractivity contribution in [1.29, 1.82) is 0 Å². The van der Waals surface area contributed by atoms with Crippen LogP contribution >= 0.6 is 49.9 Å². The maximum Gasteiger partial charge on any atom is 0.203 e. The zero-order chi connectivity index (χ0) is 15.4. The Morgan fingerprint density at radius 2 is 1.95 bits per heavy atom. The van der Waals surface area contributed by atoms with E-state index in [1.807, 2.05) is 53.9 Å². The molecule has 110 valence electrons. The molecule has 0 aliphatic carbocycles. The van der Waals surface area contributed by atoms with E-state index >= 15 is 0 Å². The third-order valence-corrected chi connectivity index (χ3v) is 6.19. The Balaban J connectivity index is 1.71. The van der Waals surface area contributed by atoms with Crippen molar-refractivity contribution in [3.8, 4) is 11.3 Å². The van der Waals surface area contributed by atoms with Gasteiger partial charge >= 0.3 is 0 Å². The molecule has 0 radical (unpaired) electrons. The van der Waals surface area contributed by atoms with E-state index in [1.165, 1.54) is 11.3 Å². The number of hydrogen-bond acceptors (Lipinski definition) is 4. The summed E-state index contributed by atoms with van der Waals surface area (Å²) in [5.41, 5.74) is 6.08. The Labute approximate surface area is 154 Å². The molecule has 1 N–H and O–H groups in total. The molecule has 3 rings (SSSR count). The maximum absolute atomic E-state index is 4.53. The Kier molecular flexibility index (Phi) is 5.22. The van der Waals surface area contributed by atoms with Gasteiger partial charge in [-0.1, -0.05) is 42.5 Å². The van der Waals surface area contributed by atoms with Crippen LogP contribution in [0.3, 0.4) is 0 Å². The monoisotopic (exact) mass is 483 g/mol. The van der Waals surface area contributed by atoms with Gasteiger partial charge in [-0.2, -0.15) is 5.10 Å². The van der Waals surface area contributed by atoms with Crippen LogP contribution in [0.2, 0.25) is 0 Å². The Hall–Kier alpha value is -1.25. The van der Waals surface area contributed by atoms with Crippen molar-refractivity contribution in [2.24, 2.45) is 5.10 Å². The fourth-order valence-corrected chi connectivity index (χ4v) is 3.40. The number of nitrogens with one attached hydrogen (secondary N) is 1. The molecule has 0 amide bonds. The number of thiazole rings is 1. The van der Waals surface area contributed by atoms with E-state index in [0.717, 1.165) is 30.0 Å². The molecule has 0 saturated heterocycles. The highest BCUT2D eigenvalue weighted by Gasteiger charge is 2.03. The van der Waals surface area contributed by atoms with Crippen molar-refractivity contribution in [2.75, 3.05) is 5.43 Å². The van der Waals surface area contributed by atoms with E-state index in [0.29, 0.717) is 0 Å². The van der Waals surface area contributed by atoms with Crippen LogP contribution in [0.15, 0.2) is 63.5 Å². The summed E-state index contributed by atoms with van der Waals surface area (Å²) >= 11 is 7.38. The van der Waals surface area contributed by atoms with Gasteiger partial charge in [0.2, 0.25) is 5.13 Å². The maximum atomic E-state index is 4.53. The summed E-state index contributed by atoms with van der Waals surface area (Å²) < 4.78 is 2.20. The first-order valence-corrected chi connectivity index (χ1v) is 9.23. The molecule has 1 aromatic heterocycles. The van der Waals surface area contributed by atoms with Crippen molar-refractivity contribution < 1.29 is 0 Å². The van der Waals surface area contributed by atoms with E-state index in [4.69, 9.17) is 0 Å². The first-order chi connectivity index (χ1) is 10.7. The third kappa shape index (κ3) is 3.74. The van der Waals surface area contributed by atoms with Crippen molar-refractivity contribution in [3.63, 3.8) is 0 Å². The molecule has 22 heavy (non-hydrogen) atoms. The largest absolute Gasteiger partial charge is 0.253 e. The topological polar surface area (TPSA) is 37.3 Å². The van der Waals surface area contributed by atoms with Gasteiger partial charge in [-0.15, -0.1) is 11.3 Å². The van der Waals surface area contributed by atoms with E-state index in [1.54, 1.807) is 6.21 Å². The molecule has 1 heterocycles. The molecule has 0 bridgehead atoms. The van der Waals surface area contributed by atoms with Crippen molar-refractivity contribution in [2.45, 2.75) is 0 Å². The molecule has 0 aliphatic heterocycles. The van der Waals surface area contributed by atoms with Crippen LogP contribution in [-0.4, -0.2) is 11.2 Å². The third-order valence-electron chi connectivity index (χ3n) is 2.92. The van der Waals surface area contributed by atoms with Crippen LogP contribution in [0, 0.1) is 3.57 Å². The van der Waals surface area contributed by atoms with Gasteiger partial charge in [0.1, 0.15) is 0 Å². The van der Waals surface area contributed by atoms with Gasteiger partial charge in [-0.25, -0.2) is 4.98 Å². The molecule has 0 saturated carbocycles. The molecule has 0 fully saturated rings. The van der Waals surface area contributed by atoms with Crippen molar-refractivity contribution in [1.82, 2.24) is 4.98 Å². The van der Waals surface area contributed by atoms with Gasteiger partial charge in [0.05, 0.1) is 11.9 Å². The molecule has 0 atom stereocenters. The minimum absolute atomic E-state index is 0.775. The summed E-state index contributed by atoms with van der Waals surface area (Å²) in [6.07, 6.45) is 1.79. The lowest BCUT2D eigenvalue weighted by molar-refractivity contribution is 1.29. The summed E-state index contributed by atoms with van der Waals surface area (Å²) in [5.74, 6) is 0. The van der Waals surface area contributed by atoms with Crippen LogP contribution in [0.1, 0.15) is 5.56 Å². The molecule has 0 aliphatic rings. The number of aromatic nitrogens is 1. The van der Waals surface area contributed by atoms with E-state index < -0.39 is 0 Å². The lowest BCUT2D eigenvalue weighted by Crippen LogP contribution is -1.92. The van der Waals surface area contributed by atoms with Crippen molar-refractivity contribution >= 4 is 61.2 Å². The minimum Gasteiger partial charge on any atom is -0.253 e. The number of hydrazone groups is 1. The predicted molar refractivity (Wildman–Crippen MR) is 106 cm³/mol. The molecular weight excluding hydrogens is 473 g/mol. The van der Waals surface area contributed by atoms with Gasteiger partial charge in [0, 0.05) is 24.5 Å². The molecule has 3 nitrogen and oxygen atoms in total. The molecule has 2 aromatic carbocycles. The fourth-order valence-electron chi connectivity index (χ4n) is 1.84. The Morgan fingerprint density at radius 3 is 2.77 bits per heavy atom. The number of rotatable bonds is 4. The standard InChI is InChI=1S/C16H11BrIN3S/c17-15-12(7-4-8-13(15)18)9-19-21-16-20-14(10-22-16)11-5-2-1-3-6-11/h1-10H,(H,20,21). The summed E-state index contributed by atoms with van der Waals surface area (Å²) in [5, 5.41) is 7.06. The second-order valence-electron chi connectivity index (χ2n) is 4.42. The average molecular weight is 484 g/mol. The lowest BCUT2D eigenvalue weighted by atomic mass is 10.2. The molecular formula is C16H11BrIN3S. The average Bonchev–Trinajstić information content (AvgIpc) is 3.01. The van der Waals surface area contributed by atoms with E-state index in [-0.39, 0.29) is 0 Å². The molecule has 0 unspecified atom stereocenters. The smallest absolute Gasteiger partial charge is 0.203 e. The number of nitrogens with zero attached hydrogens (tertiary/aromatic N) is 2. The van der Waals surface area contributed by atoms with E-state index in [2.05, 4.69) is 54.0 Å². The van der Waals surface area contributed by atoms with Crippen molar-refractivity contribution in [3.05, 3.63) is 67.5 Å². The van der Waals surface area contributed by atoms with Crippen LogP contribution in [0.4, 0.5) is 5.13 Å². The predicted octanol–water partition coefficient (Wildman–Crippen LogP) is 5.62. The first-order valence-electron chi connectivity index (χ1n) is 6.48. The fraction of sp³-hybridized carbons (Fsp3) is 0. The molecule has 6 heteroatoms. The van der Waals surface area contributed by atoms with Gasteiger partial charge in [0.25, 0.3) is 0 Å². The number of anilines is 1. The highest BCUT2D eigenvalue weighted by atomic mass is 127. The Morgan fingerprint density at radius 1 is 1.14 bits per heavy atom. The highest BCUT2D eigenvalue weighted by Crippen LogP contribution is 2.25. The quantitative estimate of drug-likeness (QED) is 0.297. The van der Waals surface area contributed by atoms with Gasteiger partial charge < -0.3 is 0 Å². The highest BCUT2D eigenvalue weighted by molar-refractivity contribution is 14.1. The zero-order valence-corrected chi connectivity index (χ0v) is 15.9. The minimum atomic E-state index is 0.775.